The molecule has 1 aliphatic rings. The highest BCUT2D eigenvalue weighted by Gasteiger charge is 2.21. The van der Waals surface area contributed by atoms with Crippen LogP contribution in [0, 0.1) is 5.92 Å². The number of amides is 2. The highest BCUT2D eigenvalue weighted by molar-refractivity contribution is 5.97. The summed E-state index contributed by atoms with van der Waals surface area (Å²) in [5, 5.41) is 2.97. The number of nitrogens with zero attached hydrogens (tertiary/aromatic N) is 1. The second kappa shape index (κ2) is 6.07. The van der Waals surface area contributed by atoms with Gasteiger partial charge in [0.25, 0.3) is 5.91 Å². The summed E-state index contributed by atoms with van der Waals surface area (Å²) in [6.45, 7) is 6.93. The first-order valence-corrected chi connectivity index (χ1v) is 7.20. The maximum absolute atomic E-state index is 12.1. The third-order valence-corrected chi connectivity index (χ3v) is 3.87. The van der Waals surface area contributed by atoms with Crippen molar-refractivity contribution in [3.8, 4) is 0 Å². The van der Waals surface area contributed by atoms with Crippen LogP contribution in [0.25, 0.3) is 0 Å². The van der Waals surface area contributed by atoms with Crippen LogP contribution in [0.2, 0.25) is 0 Å². The van der Waals surface area contributed by atoms with Crippen molar-refractivity contribution in [2.75, 3.05) is 11.4 Å². The molecule has 0 saturated carbocycles. The van der Waals surface area contributed by atoms with Crippen LogP contribution in [0.5, 0.6) is 0 Å². The summed E-state index contributed by atoms with van der Waals surface area (Å²) in [4.78, 5) is 25.5. The van der Waals surface area contributed by atoms with E-state index in [1.807, 2.05) is 19.1 Å². The lowest BCUT2D eigenvalue weighted by Crippen LogP contribution is -2.36. The minimum Gasteiger partial charge on any atom is -0.349 e. The van der Waals surface area contributed by atoms with Gasteiger partial charge >= 0.3 is 0 Å². The SMILES string of the molecule is CC(C)[C@@H](C)NC(=O)c1ccc(N2CCCC2=O)cc1. The lowest BCUT2D eigenvalue weighted by atomic mass is 10.1. The van der Waals surface area contributed by atoms with Gasteiger partial charge in [0.1, 0.15) is 0 Å². The maximum atomic E-state index is 12.1. The lowest BCUT2D eigenvalue weighted by Gasteiger charge is -2.18. The van der Waals surface area contributed by atoms with Gasteiger partial charge in [-0.15, -0.1) is 0 Å². The van der Waals surface area contributed by atoms with Gasteiger partial charge in [-0.3, -0.25) is 9.59 Å². The monoisotopic (exact) mass is 274 g/mol. The van der Waals surface area contributed by atoms with Crippen LogP contribution in [0.1, 0.15) is 44.0 Å². The molecule has 1 fully saturated rings. The van der Waals surface area contributed by atoms with Gasteiger partial charge in [0.05, 0.1) is 0 Å². The predicted octanol–water partition coefficient (Wildman–Crippen LogP) is 2.59. The molecule has 1 atom stereocenters. The highest BCUT2D eigenvalue weighted by atomic mass is 16.2. The number of nitrogens with one attached hydrogen (secondary N) is 1. The average Bonchev–Trinajstić information content (AvgIpc) is 2.85. The van der Waals surface area contributed by atoms with Crippen LogP contribution in [0.4, 0.5) is 5.69 Å². The molecule has 1 aromatic rings. The summed E-state index contributed by atoms with van der Waals surface area (Å²) in [6, 6.07) is 7.39. The van der Waals surface area contributed by atoms with Crippen LogP contribution in [0.15, 0.2) is 24.3 Å². The topological polar surface area (TPSA) is 49.4 Å². The van der Waals surface area contributed by atoms with Crippen LogP contribution in [0.3, 0.4) is 0 Å². The minimum atomic E-state index is -0.0644. The molecule has 0 unspecified atom stereocenters. The van der Waals surface area contributed by atoms with Crippen molar-refractivity contribution in [1.82, 2.24) is 5.32 Å². The van der Waals surface area contributed by atoms with E-state index in [4.69, 9.17) is 0 Å². The average molecular weight is 274 g/mol. The summed E-state index contributed by atoms with van der Waals surface area (Å²) < 4.78 is 0. The van der Waals surface area contributed by atoms with Gasteiger partial charge in [0.2, 0.25) is 5.91 Å². The Morgan fingerprint density at radius 1 is 1.20 bits per heavy atom. The van der Waals surface area contributed by atoms with E-state index in [0.29, 0.717) is 17.9 Å². The fraction of sp³-hybridized carbons (Fsp3) is 0.500. The molecule has 0 aliphatic carbocycles. The molecule has 20 heavy (non-hydrogen) atoms. The number of rotatable bonds is 4. The quantitative estimate of drug-likeness (QED) is 0.917. The van der Waals surface area contributed by atoms with E-state index in [-0.39, 0.29) is 17.9 Å². The number of benzene rings is 1. The van der Waals surface area contributed by atoms with Crippen molar-refractivity contribution in [3.05, 3.63) is 29.8 Å². The summed E-state index contributed by atoms with van der Waals surface area (Å²) in [7, 11) is 0. The Hall–Kier alpha value is -1.84. The van der Waals surface area contributed by atoms with Gasteiger partial charge in [0.15, 0.2) is 0 Å². The molecular formula is C16H22N2O2. The first-order valence-electron chi connectivity index (χ1n) is 7.20. The summed E-state index contributed by atoms with van der Waals surface area (Å²) >= 11 is 0. The van der Waals surface area contributed by atoms with Crippen molar-refractivity contribution in [2.45, 2.75) is 39.7 Å². The Morgan fingerprint density at radius 3 is 2.35 bits per heavy atom. The van der Waals surface area contributed by atoms with E-state index in [0.717, 1.165) is 18.7 Å². The van der Waals surface area contributed by atoms with E-state index in [2.05, 4.69) is 19.2 Å². The van der Waals surface area contributed by atoms with Gasteiger partial charge < -0.3 is 10.2 Å². The predicted molar refractivity (Wildman–Crippen MR) is 79.8 cm³/mol. The number of hydrogen-bond donors (Lipinski definition) is 1. The molecule has 1 aromatic carbocycles. The summed E-state index contributed by atoms with van der Waals surface area (Å²) in [6.07, 6.45) is 1.53. The second-order valence-electron chi connectivity index (χ2n) is 5.70. The van der Waals surface area contributed by atoms with E-state index in [9.17, 15) is 9.59 Å². The van der Waals surface area contributed by atoms with E-state index in [1.54, 1.807) is 17.0 Å². The largest absolute Gasteiger partial charge is 0.349 e. The molecule has 1 heterocycles. The van der Waals surface area contributed by atoms with Crippen molar-refractivity contribution < 1.29 is 9.59 Å². The molecule has 0 spiro atoms. The Labute approximate surface area is 120 Å². The minimum absolute atomic E-state index is 0.0644. The van der Waals surface area contributed by atoms with Gasteiger partial charge in [-0.25, -0.2) is 0 Å². The molecule has 4 nitrogen and oxygen atoms in total. The fourth-order valence-corrected chi connectivity index (χ4v) is 2.17. The number of carbonyl (C=O) groups excluding carboxylic acids is 2. The Bertz CT molecular complexity index is 494. The zero-order valence-corrected chi connectivity index (χ0v) is 12.3. The zero-order chi connectivity index (χ0) is 14.7. The lowest BCUT2D eigenvalue weighted by molar-refractivity contribution is -0.117. The first kappa shape index (κ1) is 14.6. The van der Waals surface area contributed by atoms with E-state index < -0.39 is 0 Å². The summed E-state index contributed by atoms with van der Waals surface area (Å²) in [5.41, 5.74) is 1.51. The van der Waals surface area contributed by atoms with E-state index in [1.165, 1.54) is 0 Å². The third kappa shape index (κ3) is 3.18. The van der Waals surface area contributed by atoms with Crippen molar-refractivity contribution in [2.24, 2.45) is 5.92 Å². The van der Waals surface area contributed by atoms with Gasteiger partial charge in [-0.2, -0.15) is 0 Å². The Morgan fingerprint density at radius 2 is 1.85 bits per heavy atom. The molecule has 4 heteroatoms. The molecular weight excluding hydrogens is 252 g/mol. The highest BCUT2D eigenvalue weighted by Crippen LogP contribution is 2.21. The van der Waals surface area contributed by atoms with Gasteiger partial charge in [-0.05, 0) is 43.5 Å². The molecule has 0 radical (unpaired) electrons. The number of carbonyl (C=O) groups is 2. The second-order valence-corrected chi connectivity index (χ2v) is 5.70. The zero-order valence-electron chi connectivity index (χ0n) is 12.3. The molecule has 0 aromatic heterocycles. The van der Waals surface area contributed by atoms with Crippen LogP contribution >= 0.6 is 0 Å². The van der Waals surface area contributed by atoms with Crippen LogP contribution < -0.4 is 10.2 Å². The summed E-state index contributed by atoms with van der Waals surface area (Å²) in [5.74, 6) is 0.501. The molecule has 0 bridgehead atoms. The van der Waals surface area contributed by atoms with Crippen molar-refractivity contribution in [3.63, 3.8) is 0 Å². The normalized spacial score (nSPS) is 16.6. The third-order valence-electron chi connectivity index (χ3n) is 3.87. The van der Waals surface area contributed by atoms with Crippen LogP contribution in [-0.4, -0.2) is 24.4 Å². The molecule has 2 rings (SSSR count). The van der Waals surface area contributed by atoms with Gasteiger partial charge in [-0.1, -0.05) is 13.8 Å². The fourth-order valence-electron chi connectivity index (χ4n) is 2.17. The first-order chi connectivity index (χ1) is 9.49. The molecule has 108 valence electrons. The van der Waals surface area contributed by atoms with E-state index >= 15 is 0 Å². The maximum Gasteiger partial charge on any atom is 0.251 e. The Kier molecular flexibility index (Phi) is 4.42. The van der Waals surface area contributed by atoms with Gasteiger partial charge in [0, 0.05) is 30.3 Å². The molecule has 1 saturated heterocycles. The Balaban J connectivity index is 2.04. The molecule has 2 amide bonds. The molecule has 1 aliphatic heterocycles. The van der Waals surface area contributed by atoms with Crippen molar-refractivity contribution in [1.29, 1.82) is 0 Å². The molecule has 1 N–H and O–H groups in total. The van der Waals surface area contributed by atoms with Crippen LogP contribution in [-0.2, 0) is 4.79 Å². The number of hydrogen-bond acceptors (Lipinski definition) is 2. The standard InChI is InChI=1S/C16H22N2O2/c1-11(2)12(3)17-16(20)13-6-8-14(9-7-13)18-10-4-5-15(18)19/h6-9,11-12H,4-5,10H2,1-3H3,(H,17,20)/t12-/m1/s1. The number of anilines is 1. The smallest absolute Gasteiger partial charge is 0.251 e. The van der Waals surface area contributed by atoms with Crippen molar-refractivity contribution >= 4 is 17.5 Å².